The second kappa shape index (κ2) is 10.2. The summed E-state index contributed by atoms with van der Waals surface area (Å²) in [6.07, 6.45) is 7.24. The van der Waals surface area contributed by atoms with E-state index in [2.05, 4.69) is 31.1 Å². The van der Waals surface area contributed by atoms with Crippen molar-refractivity contribution in [1.82, 2.24) is 9.88 Å². The van der Waals surface area contributed by atoms with Gasteiger partial charge in [-0.3, -0.25) is 4.79 Å². The molecule has 1 aromatic rings. The molecule has 0 aliphatic heterocycles. The fourth-order valence-electron chi connectivity index (χ4n) is 2.25. The SMILES string of the molecule is CCCCCNc1ccc(C(=O)N(CCC)CCC)cn1. The van der Waals surface area contributed by atoms with Crippen molar-refractivity contribution in [3.8, 4) is 0 Å². The van der Waals surface area contributed by atoms with Crippen molar-refractivity contribution < 1.29 is 4.79 Å². The summed E-state index contributed by atoms with van der Waals surface area (Å²) in [6, 6.07) is 3.77. The molecule has 1 heterocycles. The first-order valence-electron chi connectivity index (χ1n) is 8.22. The van der Waals surface area contributed by atoms with Crippen molar-refractivity contribution >= 4 is 11.7 Å². The first kappa shape index (κ1) is 17.5. The average molecular weight is 291 g/mol. The van der Waals surface area contributed by atoms with E-state index in [9.17, 15) is 4.79 Å². The van der Waals surface area contributed by atoms with Gasteiger partial charge in [0.2, 0.25) is 0 Å². The molecule has 0 radical (unpaired) electrons. The molecule has 0 bridgehead atoms. The van der Waals surface area contributed by atoms with Crippen LogP contribution in [0.3, 0.4) is 0 Å². The van der Waals surface area contributed by atoms with Gasteiger partial charge in [0, 0.05) is 25.8 Å². The van der Waals surface area contributed by atoms with Gasteiger partial charge >= 0.3 is 0 Å². The van der Waals surface area contributed by atoms with Gasteiger partial charge in [-0.1, -0.05) is 33.6 Å². The Morgan fingerprint density at radius 2 is 1.81 bits per heavy atom. The van der Waals surface area contributed by atoms with Crippen LogP contribution >= 0.6 is 0 Å². The van der Waals surface area contributed by atoms with Gasteiger partial charge < -0.3 is 10.2 Å². The van der Waals surface area contributed by atoms with Crippen LogP contribution < -0.4 is 5.32 Å². The third-order valence-corrected chi connectivity index (χ3v) is 3.37. The number of nitrogens with one attached hydrogen (secondary N) is 1. The number of carbonyl (C=O) groups excluding carboxylic acids is 1. The number of unbranched alkanes of at least 4 members (excludes halogenated alkanes) is 2. The summed E-state index contributed by atoms with van der Waals surface area (Å²) in [6.45, 7) is 8.94. The fourth-order valence-corrected chi connectivity index (χ4v) is 2.25. The molecule has 0 atom stereocenters. The highest BCUT2D eigenvalue weighted by Gasteiger charge is 2.14. The Morgan fingerprint density at radius 1 is 1.10 bits per heavy atom. The zero-order valence-corrected chi connectivity index (χ0v) is 13.7. The standard InChI is InChI=1S/C17H29N3O/c1-4-7-8-11-18-16-10-9-15(14-19-16)17(21)20(12-5-2)13-6-3/h9-10,14H,4-8,11-13H2,1-3H3,(H,18,19). The molecule has 4 heteroatoms. The molecule has 0 saturated carbocycles. The summed E-state index contributed by atoms with van der Waals surface area (Å²) in [7, 11) is 0. The van der Waals surface area contributed by atoms with Crippen LogP contribution in [-0.2, 0) is 0 Å². The van der Waals surface area contributed by atoms with Crippen LogP contribution in [0.4, 0.5) is 5.82 Å². The third-order valence-electron chi connectivity index (χ3n) is 3.37. The van der Waals surface area contributed by atoms with Gasteiger partial charge in [-0.25, -0.2) is 4.98 Å². The molecule has 1 N–H and O–H groups in total. The van der Waals surface area contributed by atoms with Crippen LogP contribution in [-0.4, -0.2) is 35.4 Å². The first-order chi connectivity index (χ1) is 10.2. The molecule has 21 heavy (non-hydrogen) atoms. The van der Waals surface area contributed by atoms with E-state index in [1.54, 1.807) is 6.20 Å². The Hall–Kier alpha value is -1.58. The number of nitrogens with zero attached hydrogens (tertiary/aromatic N) is 2. The van der Waals surface area contributed by atoms with E-state index in [1.165, 1.54) is 12.8 Å². The zero-order valence-electron chi connectivity index (χ0n) is 13.7. The predicted molar refractivity (Wildman–Crippen MR) is 88.7 cm³/mol. The van der Waals surface area contributed by atoms with E-state index in [-0.39, 0.29) is 5.91 Å². The Morgan fingerprint density at radius 3 is 2.33 bits per heavy atom. The number of anilines is 1. The van der Waals surface area contributed by atoms with E-state index >= 15 is 0 Å². The molecule has 0 spiro atoms. The van der Waals surface area contributed by atoms with Crippen molar-refractivity contribution in [2.45, 2.75) is 52.9 Å². The maximum absolute atomic E-state index is 12.4. The van der Waals surface area contributed by atoms with Crippen molar-refractivity contribution in [1.29, 1.82) is 0 Å². The molecule has 118 valence electrons. The lowest BCUT2D eigenvalue weighted by Gasteiger charge is -2.21. The van der Waals surface area contributed by atoms with Gasteiger partial charge in [0.15, 0.2) is 0 Å². The normalized spacial score (nSPS) is 10.4. The average Bonchev–Trinajstić information content (AvgIpc) is 2.51. The minimum absolute atomic E-state index is 0.0868. The minimum Gasteiger partial charge on any atom is -0.370 e. The number of rotatable bonds is 10. The molecule has 0 saturated heterocycles. The fraction of sp³-hybridized carbons (Fsp3) is 0.647. The van der Waals surface area contributed by atoms with Gasteiger partial charge in [-0.05, 0) is 31.4 Å². The second-order valence-corrected chi connectivity index (χ2v) is 5.36. The highest BCUT2D eigenvalue weighted by atomic mass is 16.2. The molecule has 1 aromatic heterocycles. The Labute approximate surface area is 129 Å². The van der Waals surface area contributed by atoms with Gasteiger partial charge in [-0.2, -0.15) is 0 Å². The highest BCUT2D eigenvalue weighted by molar-refractivity contribution is 5.94. The molecule has 1 rings (SSSR count). The summed E-state index contributed by atoms with van der Waals surface area (Å²) < 4.78 is 0. The van der Waals surface area contributed by atoms with Crippen molar-refractivity contribution in [3.63, 3.8) is 0 Å². The summed E-state index contributed by atoms with van der Waals surface area (Å²) in [5.41, 5.74) is 0.677. The van der Waals surface area contributed by atoms with E-state index < -0.39 is 0 Å². The number of hydrogen-bond acceptors (Lipinski definition) is 3. The summed E-state index contributed by atoms with van der Waals surface area (Å²) in [5, 5.41) is 3.29. The lowest BCUT2D eigenvalue weighted by Crippen LogP contribution is -2.32. The number of hydrogen-bond donors (Lipinski definition) is 1. The predicted octanol–water partition coefficient (Wildman–Crippen LogP) is 3.95. The van der Waals surface area contributed by atoms with Crippen LogP contribution in [0, 0.1) is 0 Å². The highest BCUT2D eigenvalue weighted by Crippen LogP contribution is 2.09. The number of aromatic nitrogens is 1. The van der Waals surface area contributed by atoms with E-state index in [4.69, 9.17) is 0 Å². The molecular weight excluding hydrogens is 262 g/mol. The number of pyridine rings is 1. The molecule has 0 unspecified atom stereocenters. The molecule has 0 fully saturated rings. The lowest BCUT2D eigenvalue weighted by molar-refractivity contribution is 0.0755. The van der Waals surface area contributed by atoms with Crippen LogP contribution in [0.2, 0.25) is 0 Å². The van der Waals surface area contributed by atoms with Crippen molar-refractivity contribution in [2.75, 3.05) is 25.0 Å². The smallest absolute Gasteiger partial charge is 0.255 e. The second-order valence-electron chi connectivity index (χ2n) is 5.36. The topological polar surface area (TPSA) is 45.2 Å². The Balaban J connectivity index is 2.57. The monoisotopic (exact) mass is 291 g/mol. The van der Waals surface area contributed by atoms with E-state index in [0.717, 1.165) is 44.7 Å². The van der Waals surface area contributed by atoms with Crippen LogP contribution in [0.5, 0.6) is 0 Å². The summed E-state index contributed by atoms with van der Waals surface area (Å²) in [4.78, 5) is 18.7. The Kier molecular flexibility index (Phi) is 8.48. The molecule has 0 aliphatic rings. The molecule has 0 aliphatic carbocycles. The maximum Gasteiger partial charge on any atom is 0.255 e. The summed E-state index contributed by atoms with van der Waals surface area (Å²) >= 11 is 0. The number of carbonyl (C=O) groups is 1. The largest absolute Gasteiger partial charge is 0.370 e. The van der Waals surface area contributed by atoms with Gasteiger partial charge in [-0.15, -0.1) is 0 Å². The quantitative estimate of drug-likeness (QED) is 0.664. The molecule has 0 aromatic carbocycles. The van der Waals surface area contributed by atoms with E-state index in [1.807, 2.05) is 17.0 Å². The van der Waals surface area contributed by atoms with Crippen LogP contribution in [0.1, 0.15) is 63.2 Å². The lowest BCUT2D eigenvalue weighted by atomic mass is 10.2. The Bertz CT molecular complexity index is 397. The molecule has 4 nitrogen and oxygen atoms in total. The van der Waals surface area contributed by atoms with Crippen LogP contribution in [0.25, 0.3) is 0 Å². The first-order valence-corrected chi connectivity index (χ1v) is 8.22. The van der Waals surface area contributed by atoms with Gasteiger partial charge in [0.25, 0.3) is 5.91 Å². The maximum atomic E-state index is 12.4. The van der Waals surface area contributed by atoms with Gasteiger partial charge in [0.1, 0.15) is 5.82 Å². The molecular formula is C17H29N3O. The number of amides is 1. The minimum atomic E-state index is 0.0868. The molecule has 1 amide bonds. The third kappa shape index (κ3) is 6.15. The van der Waals surface area contributed by atoms with Crippen molar-refractivity contribution in [2.24, 2.45) is 0 Å². The summed E-state index contributed by atoms with van der Waals surface area (Å²) in [5.74, 6) is 0.934. The van der Waals surface area contributed by atoms with E-state index in [0.29, 0.717) is 5.56 Å². The van der Waals surface area contributed by atoms with Gasteiger partial charge in [0.05, 0.1) is 5.56 Å². The zero-order chi connectivity index (χ0) is 15.5. The van der Waals surface area contributed by atoms with Crippen LogP contribution in [0.15, 0.2) is 18.3 Å². The van der Waals surface area contributed by atoms with Crippen molar-refractivity contribution in [3.05, 3.63) is 23.9 Å².